The third-order valence-electron chi connectivity index (χ3n) is 10.5. The summed E-state index contributed by atoms with van der Waals surface area (Å²) in [4.78, 5) is 48.4. The smallest absolute Gasteiger partial charge is 0.472 e. The number of methoxy groups -OCH3 is 1. The van der Waals surface area contributed by atoms with Crippen LogP contribution in [0.25, 0.3) is 10.8 Å². The maximum absolute atomic E-state index is 12.9. The number of phosphoric ester groups is 1. The Balaban J connectivity index is 1.69. The number of amides is 1. The molecule has 12 nitrogen and oxygen atoms in total. The number of nitrogens with zero attached hydrogens (tertiary/aromatic N) is 1. The van der Waals surface area contributed by atoms with Crippen molar-refractivity contribution >= 4 is 36.4 Å². The van der Waals surface area contributed by atoms with Crippen LogP contribution in [0.4, 0.5) is 0 Å². The zero-order chi connectivity index (χ0) is 43.4. The van der Waals surface area contributed by atoms with Crippen LogP contribution in [0.1, 0.15) is 154 Å². The van der Waals surface area contributed by atoms with E-state index in [1.165, 1.54) is 70.6 Å². The molecule has 59 heavy (non-hydrogen) atoms. The van der Waals surface area contributed by atoms with E-state index in [1.54, 1.807) is 7.11 Å². The molecule has 0 aliphatic heterocycles. The zero-order valence-corrected chi connectivity index (χ0v) is 38.2. The van der Waals surface area contributed by atoms with Crippen molar-refractivity contribution in [1.82, 2.24) is 5.32 Å². The molecule has 0 radical (unpaired) electrons. The van der Waals surface area contributed by atoms with E-state index >= 15 is 0 Å². The van der Waals surface area contributed by atoms with Gasteiger partial charge < -0.3 is 28.9 Å². The second kappa shape index (κ2) is 30.1. The third-order valence-corrected chi connectivity index (χ3v) is 11.5. The van der Waals surface area contributed by atoms with E-state index < -0.39 is 32.5 Å². The van der Waals surface area contributed by atoms with Gasteiger partial charge in [-0.05, 0) is 54.7 Å². The maximum atomic E-state index is 12.9. The molecule has 0 spiro atoms. The number of rotatable bonds is 35. The average molecular weight is 850 g/mol. The summed E-state index contributed by atoms with van der Waals surface area (Å²) in [7, 11) is 2.98. The average Bonchev–Trinajstić information content (AvgIpc) is 3.20. The molecule has 2 N–H and O–H groups in total. The van der Waals surface area contributed by atoms with Gasteiger partial charge in [-0.3, -0.25) is 23.4 Å². The van der Waals surface area contributed by atoms with Crippen molar-refractivity contribution in [2.24, 2.45) is 0 Å². The molecule has 0 saturated heterocycles. The normalized spacial score (nSPS) is 13.7. The second-order valence-corrected chi connectivity index (χ2v) is 18.4. The van der Waals surface area contributed by atoms with Gasteiger partial charge in [-0.2, -0.15) is 0 Å². The van der Waals surface area contributed by atoms with Gasteiger partial charge in [-0.1, -0.05) is 128 Å². The predicted molar refractivity (Wildman–Crippen MR) is 235 cm³/mol. The van der Waals surface area contributed by atoms with E-state index in [2.05, 4.69) is 12.2 Å². The molecule has 3 atom stereocenters. The molecule has 0 bridgehead atoms. The summed E-state index contributed by atoms with van der Waals surface area (Å²) in [5.41, 5.74) is 0.922. The van der Waals surface area contributed by atoms with E-state index in [-0.39, 0.29) is 37.9 Å². The molecule has 0 heterocycles. The number of hydrogen-bond acceptors (Lipinski definition) is 9. The largest absolute Gasteiger partial charge is 0.497 e. The van der Waals surface area contributed by atoms with E-state index in [0.29, 0.717) is 43.3 Å². The SMILES string of the molecule is CCCCCCCCCCCCCCCCCC(=O)OC[C@H](COP(=O)(O)OCC[N+](C)(C)C)OC(=O)CCCCCNC(=O)[C@@H](C)c1ccc2cc(OC)ccc2c1. The van der Waals surface area contributed by atoms with Crippen molar-refractivity contribution < 1.29 is 51.6 Å². The molecule has 0 aliphatic carbocycles. The van der Waals surface area contributed by atoms with Gasteiger partial charge in [0.05, 0.1) is 40.8 Å². The molecule has 1 amide bonds. The Labute approximate surface area is 355 Å². The number of likely N-dealkylation sites (N-methyl/N-ethyl adjacent to an activating group) is 1. The van der Waals surface area contributed by atoms with Gasteiger partial charge in [-0.15, -0.1) is 0 Å². The fourth-order valence-corrected chi connectivity index (χ4v) is 7.37. The fourth-order valence-electron chi connectivity index (χ4n) is 6.63. The van der Waals surface area contributed by atoms with Gasteiger partial charge in [0.2, 0.25) is 5.91 Å². The first kappa shape index (κ1) is 52.1. The molecule has 2 aromatic carbocycles. The third kappa shape index (κ3) is 25.4. The first-order valence-corrected chi connectivity index (χ1v) is 23.9. The Morgan fingerprint density at radius 1 is 0.712 bits per heavy atom. The van der Waals surface area contributed by atoms with Gasteiger partial charge >= 0.3 is 19.8 Å². The van der Waals surface area contributed by atoms with E-state index in [4.69, 9.17) is 23.3 Å². The van der Waals surface area contributed by atoms with Crippen molar-refractivity contribution in [1.29, 1.82) is 0 Å². The van der Waals surface area contributed by atoms with Gasteiger partial charge in [0.15, 0.2) is 6.10 Å². The van der Waals surface area contributed by atoms with E-state index in [1.807, 2.05) is 64.5 Å². The first-order valence-electron chi connectivity index (χ1n) is 22.4. The Hall–Kier alpha value is -3.02. The first-order chi connectivity index (χ1) is 28.2. The Morgan fingerprint density at radius 3 is 1.85 bits per heavy atom. The fraction of sp³-hybridized carbons (Fsp3) is 0.717. The molecule has 0 aliphatic rings. The highest BCUT2D eigenvalue weighted by atomic mass is 31.2. The number of quaternary nitrogens is 1. The van der Waals surface area contributed by atoms with Crippen molar-refractivity contribution in [3.63, 3.8) is 0 Å². The number of nitrogens with one attached hydrogen (secondary N) is 1. The summed E-state index contributed by atoms with van der Waals surface area (Å²) < 4.78 is 39.6. The summed E-state index contributed by atoms with van der Waals surface area (Å²) >= 11 is 0. The number of phosphoric acid groups is 1. The molecule has 336 valence electrons. The van der Waals surface area contributed by atoms with Crippen LogP contribution in [0, 0.1) is 0 Å². The molecule has 0 saturated carbocycles. The molecule has 0 aromatic heterocycles. The number of unbranched alkanes of at least 4 members (excludes halogenated alkanes) is 16. The number of hydrogen-bond donors (Lipinski definition) is 2. The molecular weight excluding hydrogens is 771 g/mol. The Bertz CT molecular complexity index is 1530. The quantitative estimate of drug-likeness (QED) is 0.0297. The monoisotopic (exact) mass is 850 g/mol. The van der Waals surface area contributed by atoms with Crippen LogP contribution >= 0.6 is 7.82 Å². The summed E-state index contributed by atoms with van der Waals surface area (Å²) in [6.45, 7) is 4.31. The molecule has 0 fully saturated rings. The van der Waals surface area contributed by atoms with Crippen LogP contribution in [-0.4, -0.2) is 94.5 Å². The molecule has 1 unspecified atom stereocenters. The number of carbonyl (C=O) groups excluding carboxylic acids is 3. The zero-order valence-electron chi connectivity index (χ0n) is 37.3. The van der Waals surface area contributed by atoms with Crippen LogP contribution in [0.5, 0.6) is 5.75 Å². The standard InChI is InChI=1S/C46H77N2O10P/c1-7-8-9-10-11-12-13-14-15-16-17-18-19-20-22-25-44(49)55-36-43(37-57-59(52,53)56-33-32-48(3,4)5)58-45(50)26-23-21-24-31-47-46(51)38(2)39-27-28-41-35-42(54-6)30-29-40(41)34-39/h27-30,34-35,38,43H,7-26,31-33,36-37H2,1-6H3,(H-,47,51,52,53)/p+1/t38-,43+/m0/s1. The summed E-state index contributed by atoms with van der Waals surface area (Å²) in [6.07, 6.45) is 19.6. The molecular formula is C46H78N2O10P+. The molecule has 2 aromatic rings. The van der Waals surface area contributed by atoms with Gasteiger partial charge in [-0.25, -0.2) is 4.57 Å². The van der Waals surface area contributed by atoms with E-state index in [9.17, 15) is 23.8 Å². The maximum Gasteiger partial charge on any atom is 0.472 e. The summed E-state index contributed by atoms with van der Waals surface area (Å²) in [5, 5.41) is 5.06. The van der Waals surface area contributed by atoms with Crippen LogP contribution < -0.4 is 10.1 Å². The summed E-state index contributed by atoms with van der Waals surface area (Å²) in [6, 6.07) is 11.8. The highest BCUT2D eigenvalue weighted by molar-refractivity contribution is 7.47. The minimum Gasteiger partial charge on any atom is -0.497 e. The lowest BCUT2D eigenvalue weighted by molar-refractivity contribution is -0.870. The van der Waals surface area contributed by atoms with Crippen LogP contribution in [0.2, 0.25) is 0 Å². The van der Waals surface area contributed by atoms with Gasteiger partial charge in [0, 0.05) is 19.4 Å². The van der Waals surface area contributed by atoms with Crippen molar-refractivity contribution in [3.8, 4) is 5.75 Å². The van der Waals surface area contributed by atoms with Crippen LogP contribution in [0.15, 0.2) is 36.4 Å². The topological polar surface area (TPSA) is 147 Å². The number of carbonyl (C=O) groups is 3. The Kier molecular flexibility index (Phi) is 26.6. The number of benzene rings is 2. The summed E-state index contributed by atoms with van der Waals surface area (Å²) in [5.74, 6) is -0.570. The number of ether oxygens (including phenoxy) is 3. The lowest BCUT2D eigenvalue weighted by atomic mass is 9.97. The molecule has 2 rings (SSSR count). The number of esters is 2. The lowest BCUT2D eigenvalue weighted by Gasteiger charge is -2.24. The van der Waals surface area contributed by atoms with E-state index in [0.717, 1.165) is 41.3 Å². The van der Waals surface area contributed by atoms with Crippen LogP contribution in [0.3, 0.4) is 0 Å². The molecule has 13 heteroatoms. The van der Waals surface area contributed by atoms with Gasteiger partial charge in [0.1, 0.15) is 25.5 Å². The van der Waals surface area contributed by atoms with Gasteiger partial charge in [0.25, 0.3) is 0 Å². The Morgan fingerprint density at radius 2 is 1.25 bits per heavy atom. The van der Waals surface area contributed by atoms with Crippen molar-refractivity contribution in [2.75, 3.05) is 61.2 Å². The number of fused-ring (bicyclic) bond motifs is 1. The van der Waals surface area contributed by atoms with Crippen molar-refractivity contribution in [3.05, 3.63) is 42.0 Å². The minimum atomic E-state index is -4.43. The van der Waals surface area contributed by atoms with Crippen molar-refractivity contribution in [2.45, 2.75) is 154 Å². The second-order valence-electron chi connectivity index (χ2n) is 16.9. The lowest BCUT2D eigenvalue weighted by Crippen LogP contribution is -2.37. The highest BCUT2D eigenvalue weighted by Crippen LogP contribution is 2.43. The highest BCUT2D eigenvalue weighted by Gasteiger charge is 2.27. The predicted octanol–water partition coefficient (Wildman–Crippen LogP) is 10.2. The minimum absolute atomic E-state index is 0.00517. The van der Waals surface area contributed by atoms with Crippen LogP contribution in [-0.2, 0) is 37.5 Å².